The summed E-state index contributed by atoms with van der Waals surface area (Å²) in [7, 11) is 3.16. The summed E-state index contributed by atoms with van der Waals surface area (Å²) in [5.41, 5.74) is 0.545. The fourth-order valence-electron chi connectivity index (χ4n) is 2.95. The molecule has 2 rings (SSSR count). The summed E-state index contributed by atoms with van der Waals surface area (Å²) in [5, 5.41) is 2.98. The Morgan fingerprint density at radius 2 is 1.87 bits per heavy atom. The molecule has 1 aliphatic rings. The fraction of sp³-hybridized carbons (Fsp3) is 0.611. The predicted molar refractivity (Wildman–Crippen MR) is 91.4 cm³/mol. The second-order valence-corrected chi connectivity index (χ2v) is 5.93. The standard InChI is InChI=1S/C18H28N2O3/c1-22-15-8-9-16(17(14-15)23-2)18(21)19-10-7-13-20-11-5-3-4-6-12-20/h8-9,14H,3-7,10-13H2,1-2H3,(H,19,21). The summed E-state index contributed by atoms with van der Waals surface area (Å²) in [6, 6.07) is 5.24. The molecule has 0 saturated carbocycles. The molecule has 1 aromatic carbocycles. The summed E-state index contributed by atoms with van der Waals surface area (Å²) >= 11 is 0. The Morgan fingerprint density at radius 1 is 1.13 bits per heavy atom. The maximum atomic E-state index is 12.3. The fourth-order valence-corrected chi connectivity index (χ4v) is 2.95. The SMILES string of the molecule is COc1ccc(C(=O)NCCCN2CCCCCC2)c(OC)c1. The number of likely N-dealkylation sites (tertiary alicyclic amines) is 1. The first-order chi connectivity index (χ1) is 11.2. The van der Waals surface area contributed by atoms with E-state index in [0.29, 0.717) is 23.6 Å². The Kier molecular flexibility index (Phi) is 7.20. The highest BCUT2D eigenvalue weighted by Gasteiger charge is 2.13. The average molecular weight is 320 g/mol. The number of benzene rings is 1. The summed E-state index contributed by atoms with van der Waals surface area (Å²) in [6.45, 7) is 4.13. The van der Waals surface area contributed by atoms with Crippen molar-refractivity contribution in [1.82, 2.24) is 10.2 Å². The third-order valence-electron chi connectivity index (χ3n) is 4.29. The van der Waals surface area contributed by atoms with E-state index < -0.39 is 0 Å². The molecule has 0 bridgehead atoms. The number of hydrogen-bond donors (Lipinski definition) is 1. The van der Waals surface area contributed by atoms with Gasteiger partial charge in [-0.15, -0.1) is 0 Å². The van der Waals surface area contributed by atoms with E-state index in [-0.39, 0.29) is 5.91 Å². The highest BCUT2D eigenvalue weighted by atomic mass is 16.5. The Bertz CT molecular complexity index is 497. The highest BCUT2D eigenvalue weighted by Crippen LogP contribution is 2.24. The minimum atomic E-state index is -0.0969. The van der Waals surface area contributed by atoms with Crippen LogP contribution in [0.15, 0.2) is 18.2 Å². The first-order valence-corrected chi connectivity index (χ1v) is 8.47. The summed E-state index contributed by atoms with van der Waals surface area (Å²) < 4.78 is 10.4. The molecular weight excluding hydrogens is 292 g/mol. The third-order valence-corrected chi connectivity index (χ3v) is 4.29. The lowest BCUT2D eigenvalue weighted by atomic mass is 10.1. The molecule has 1 amide bonds. The number of nitrogens with one attached hydrogen (secondary N) is 1. The van der Waals surface area contributed by atoms with Crippen LogP contribution in [0.5, 0.6) is 11.5 Å². The molecule has 1 heterocycles. The first-order valence-electron chi connectivity index (χ1n) is 8.47. The van der Waals surface area contributed by atoms with Gasteiger partial charge >= 0.3 is 0 Å². The molecule has 1 saturated heterocycles. The third kappa shape index (κ3) is 5.43. The zero-order chi connectivity index (χ0) is 16.5. The monoisotopic (exact) mass is 320 g/mol. The van der Waals surface area contributed by atoms with Crippen molar-refractivity contribution in [1.29, 1.82) is 0 Å². The van der Waals surface area contributed by atoms with Crippen LogP contribution in [0.3, 0.4) is 0 Å². The van der Waals surface area contributed by atoms with Crippen molar-refractivity contribution in [2.75, 3.05) is 40.4 Å². The van der Waals surface area contributed by atoms with Gasteiger partial charge in [0.15, 0.2) is 0 Å². The van der Waals surface area contributed by atoms with Gasteiger partial charge in [0.25, 0.3) is 5.91 Å². The molecule has 0 unspecified atom stereocenters. The largest absolute Gasteiger partial charge is 0.497 e. The van der Waals surface area contributed by atoms with Crippen LogP contribution in [0.25, 0.3) is 0 Å². The summed E-state index contributed by atoms with van der Waals surface area (Å²) in [5.74, 6) is 1.12. The van der Waals surface area contributed by atoms with E-state index in [0.717, 1.165) is 13.0 Å². The van der Waals surface area contributed by atoms with Gasteiger partial charge in [0.05, 0.1) is 19.8 Å². The Balaban J connectivity index is 1.78. The van der Waals surface area contributed by atoms with Gasteiger partial charge in [0.1, 0.15) is 11.5 Å². The molecule has 128 valence electrons. The number of ether oxygens (including phenoxy) is 2. The van der Waals surface area contributed by atoms with Crippen LogP contribution in [0.1, 0.15) is 42.5 Å². The number of carbonyl (C=O) groups is 1. The topological polar surface area (TPSA) is 50.8 Å². The van der Waals surface area contributed by atoms with E-state index in [2.05, 4.69) is 10.2 Å². The van der Waals surface area contributed by atoms with Crippen molar-refractivity contribution < 1.29 is 14.3 Å². The number of carbonyl (C=O) groups excluding carboxylic acids is 1. The van der Waals surface area contributed by atoms with Gasteiger partial charge in [-0.05, 0) is 51.0 Å². The Hall–Kier alpha value is -1.75. The average Bonchev–Trinajstić information content (AvgIpc) is 2.86. The van der Waals surface area contributed by atoms with Crippen LogP contribution in [-0.2, 0) is 0 Å². The number of methoxy groups -OCH3 is 2. The van der Waals surface area contributed by atoms with E-state index in [1.807, 2.05) is 0 Å². The van der Waals surface area contributed by atoms with E-state index in [4.69, 9.17) is 9.47 Å². The quantitative estimate of drug-likeness (QED) is 0.785. The Morgan fingerprint density at radius 3 is 2.52 bits per heavy atom. The van der Waals surface area contributed by atoms with Gasteiger partial charge in [-0.1, -0.05) is 12.8 Å². The van der Waals surface area contributed by atoms with E-state index >= 15 is 0 Å². The molecule has 1 aromatic rings. The van der Waals surface area contributed by atoms with E-state index in [1.54, 1.807) is 32.4 Å². The lowest BCUT2D eigenvalue weighted by Crippen LogP contribution is -2.30. The molecule has 0 radical (unpaired) electrons. The van der Waals surface area contributed by atoms with Gasteiger partial charge in [-0.2, -0.15) is 0 Å². The maximum Gasteiger partial charge on any atom is 0.255 e. The molecular formula is C18H28N2O3. The number of hydrogen-bond acceptors (Lipinski definition) is 4. The van der Waals surface area contributed by atoms with Crippen LogP contribution < -0.4 is 14.8 Å². The summed E-state index contributed by atoms with van der Waals surface area (Å²) in [6.07, 6.45) is 6.28. The van der Waals surface area contributed by atoms with E-state index in [1.165, 1.54) is 38.8 Å². The lowest BCUT2D eigenvalue weighted by Gasteiger charge is -2.19. The first kappa shape index (κ1) is 17.6. The van der Waals surface area contributed by atoms with Crippen molar-refractivity contribution in [3.63, 3.8) is 0 Å². The second kappa shape index (κ2) is 9.40. The van der Waals surface area contributed by atoms with Crippen molar-refractivity contribution in [3.05, 3.63) is 23.8 Å². The predicted octanol–water partition coefficient (Wildman–Crippen LogP) is 2.70. The van der Waals surface area contributed by atoms with Crippen LogP contribution in [0.2, 0.25) is 0 Å². The zero-order valence-electron chi connectivity index (χ0n) is 14.3. The molecule has 0 aromatic heterocycles. The van der Waals surface area contributed by atoms with Crippen molar-refractivity contribution in [3.8, 4) is 11.5 Å². The zero-order valence-corrected chi connectivity index (χ0v) is 14.3. The van der Waals surface area contributed by atoms with Gasteiger partial charge in [-0.3, -0.25) is 4.79 Å². The van der Waals surface area contributed by atoms with Gasteiger partial charge in [0.2, 0.25) is 0 Å². The molecule has 23 heavy (non-hydrogen) atoms. The molecule has 1 aliphatic heterocycles. The number of nitrogens with zero attached hydrogens (tertiary/aromatic N) is 1. The molecule has 5 heteroatoms. The lowest BCUT2D eigenvalue weighted by molar-refractivity contribution is 0.0948. The van der Waals surface area contributed by atoms with Crippen molar-refractivity contribution in [2.24, 2.45) is 0 Å². The van der Waals surface area contributed by atoms with Crippen LogP contribution in [0, 0.1) is 0 Å². The molecule has 0 atom stereocenters. The van der Waals surface area contributed by atoms with Crippen molar-refractivity contribution >= 4 is 5.91 Å². The Labute approximate surface area is 139 Å². The molecule has 1 fully saturated rings. The van der Waals surface area contributed by atoms with Gasteiger partial charge in [-0.25, -0.2) is 0 Å². The highest BCUT2D eigenvalue weighted by molar-refractivity contribution is 5.97. The molecule has 0 spiro atoms. The maximum absolute atomic E-state index is 12.3. The van der Waals surface area contributed by atoms with Crippen LogP contribution in [0.4, 0.5) is 0 Å². The van der Waals surface area contributed by atoms with Crippen LogP contribution >= 0.6 is 0 Å². The number of rotatable bonds is 7. The van der Waals surface area contributed by atoms with Gasteiger partial charge < -0.3 is 19.7 Å². The van der Waals surface area contributed by atoms with Crippen LogP contribution in [-0.4, -0.2) is 51.2 Å². The molecule has 5 nitrogen and oxygen atoms in total. The molecule has 0 aliphatic carbocycles. The summed E-state index contributed by atoms with van der Waals surface area (Å²) in [4.78, 5) is 14.8. The minimum absolute atomic E-state index is 0.0969. The minimum Gasteiger partial charge on any atom is -0.497 e. The normalized spacial score (nSPS) is 15.7. The second-order valence-electron chi connectivity index (χ2n) is 5.93. The van der Waals surface area contributed by atoms with E-state index in [9.17, 15) is 4.79 Å². The number of amides is 1. The molecule has 1 N–H and O–H groups in total. The smallest absolute Gasteiger partial charge is 0.255 e. The van der Waals surface area contributed by atoms with Gasteiger partial charge in [0, 0.05) is 12.6 Å². The van der Waals surface area contributed by atoms with Crippen molar-refractivity contribution in [2.45, 2.75) is 32.1 Å².